The van der Waals surface area contributed by atoms with Gasteiger partial charge in [0.2, 0.25) is 0 Å². The van der Waals surface area contributed by atoms with E-state index in [1.54, 1.807) is 29.2 Å². The van der Waals surface area contributed by atoms with E-state index >= 15 is 0 Å². The van der Waals surface area contributed by atoms with Crippen molar-refractivity contribution in [1.82, 2.24) is 10.2 Å². The standard InChI is InChI=1S/C22H25N3O4S/c1-15-10-16(2)12-19(11-15)29-14-20(26)24-22(30)23-18-5-3-4-17(13-18)21(27)25-6-8-28-9-7-25/h3-5,10-13H,6-9,14H2,1-2H3,(H2,23,24,26,30). The van der Waals surface area contributed by atoms with E-state index < -0.39 is 0 Å². The summed E-state index contributed by atoms with van der Waals surface area (Å²) in [5.74, 6) is 0.210. The number of anilines is 1. The molecule has 1 heterocycles. The molecule has 1 aliphatic rings. The van der Waals surface area contributed by atoms with Gasteiger partial charge in [-0.3, -0.25) is 14.9 Å². The first kappa shape index (κ1) is 21.7. The fourth-order valence-corrected chi connectivity index (χ4v) is 3.40. The molecule has 2 amide bonds. The quantitative estimate of drug-likeness (QED) is 0.715. The Kier molecular flexibility index (Phi) is 7.37. The maximum Gasteiger partial charge on any atom is 0.264 e. The van der Waals surface area contributed by atoms with Gasteiger partial charge in [-0.1, -0.05) is 12.1 Å². The number of benzene rings is 2. The number of carbonyl (C=O) groups excluding carboxylic acids is 2. The van der Waals surface area contributed by atoms with E-state index in [4.69, 9.17) is 21.7 Å². The third-order valence-corrected chi connectivity index (χ3v) is 4.69. The minimum absolute atomic E-state index is 0.0567. The average molecular weight is 428 g/mol. The van der Waals surface area contributed by atoms with Gasteiger partial charge in [-0.15, -0.1) is 0 Å². The maximum atomic E-state index is 12.6. The number of rotatable bonds is 5. The number of nitrogens with one attached hydrogen (secondary N) is 2. The van der Waals surface area contributed by atoms with E-state index in [2.05, 4.69) is 10.6 Å². The summed E-state index contributed by atoms with van der Waals surface area (Å²) in [6, 6.07) is 12.8. The first-order chi connectivity index (χ1) is 14.4. The summed E-state index contributed by atoms with van der Waals surface area (Å²) in [5, 5.41) is 5.66. The average Bonchev–Trinajstić information content (AvgIpc) is 2.72. The zero-order valence-corrected chi connectivity index (χ0v) is 17.9. The highest BCUT2D eigenvalue weighted by molar-refractivity contribution is 7.80. The van der Waals surface area contributed by atoms with Gasteiger partial charge in [0.1, 0.15) is 5.75 Å². The van der Waals surface area contributed by atoms with E-state index in [1.807, 2.05) is 32.0 Å². The Morgan fingerprint density at radius 2 is 1.80 bits per heavy atom. The van der Waals surface area contributed by atoms with Crippen LogP contribution in [0.5, 0.6) is 5.75 Å². The van der Waals surface area contributed by atoms with E-state index in [1.165, 1.54) is 0 Å². The highest BCUT2D eigenvalue weighted by Crippen LogP contribution is 2.16. The SMILES string of the molecule is Cc1cc(C)cc(OCC(=O)NC(=S)Nc2cccc(C(=O)N3CCOCC3)c2)c1. The third kappa shape index (κ3) is 6.27. The number of hydrogen-bond donors (Lipinski definition) is 2. The molecule has 1 saturated heterocycles. The van der Waals surface area contributed by atoms with Gasteiger partial charge in [0, 0.05) is 24.3 Å². The van der Waals surface area contributed by atoms with Crippen molar-refractivity contribution in [1.29, 1.82) is 0 Å². The van der Waals surface area contributed by atoms with Crippen LogP contribution in [0.4, 0.5) is 5.69 Å². The fourth-order valence-electron chi connectivity index (χ4n) is 3.17. The molecule has 0 spiro atoms. The van der Waals surface area contributed by atoms with Crippen molar-refractivity contribution in [2.45, 2.75) is 13.8 Å². The summed E-state index contributed by atoms with van der Waals surface area (Å²) < 4.78 is 10.8. The normalized spacial score (nSPS) is 13.5. The van der Waals surface area contributed by atoms with Gasteiger partial charge in [0.15, 0.2) is 11.7 Å². The number of hydrogen-bond acceptors (Lipinski definition) is 5. The predicted molar refractivity (Wildman–Crippen MR) is 119 cm³/mol. The molecule has 158 valence electrons. The number of ether oxygens (including phenoxy) is 2. The first-order valence-corrected chi connectivity index (χ1v) is 10.1. The Bertz CT molecular complexity index is 921. The van der Waals surface area contributed by atoms with Crippen molar-refractivity contribution in [3.63, 3.8) is 0 Å². The van der Waals surface area contributed by atoms with Crippen LogP contribution in [0.1, 0.15) is 21.5 Å². The molecule has 0 aromatic heterocycles. The van der Waals surface area contributed by atoms with Crippen molar-refractivity contribution >= 4 is 34.8 Å². The monoisotopic (exact) mass is 427 g/mol. The molecule has 0 saturated carbocycles. The van der Waals surface area contributed by atoms with Gasteiger partial charge in [-0.25, -0.2) is 0 Å². The van der Waals surface area contributed by atoms with Gasteiger partial charge in [0.25, 0.3) is 11.8 Å². The van der Waals surface area contributed by atoms with Crippen molar-refractivity contribution in [3.05, 3.63) is 59.2 Å². The lowest BCUT2D eigenvalue weighted by Crippen LogP contribution is -2.40. The Labute approximate surface area is 181 Å². The largest absolute Gasteiger partial charge is 0.484 e. The second-order valence-corrected chi connectivity index (χ2v) is 7.51. The predicted octanol–water partition coefficient (Wildman–Crippen LogP) is 2.67. The lowest BCUT2D eigenvalue weighted by Gasteiger charge is -2.27. The van der Waals surface area contributed by atoms with Crippen LogP contribution in [0.15, 0.2) is 42.5 Å². The molecule has 2 N–H and O–H groups in total. The molecule has 3 rings (SSSR count). The van der Waals surface area contributed by atoms with E-state index in [0.29, 0.717) is 43.3 Å². The Balaban J connectivity index is 1.51. The summed E-state index contributed by atoms with van der Waals surface area (Å²) >= 11 is 5.21. The van der Waals surface area contributed by atoms with Crippen molar-refractivity contribution < 1.29 is 19.1 Å². The minimum Gasteiger partial charge on any atom is -0.484 e. The Morgan fingerprint density at radius 3 is 2.50 bits per heavy atom. The van der Waals surface area contributed by atoms with Crippen molar-refractivity contribution in [2.75, 3.05) is 38.2 Å². The molecule has 0 unspecified atom stereocenters. The van der Waals surface area contributed by atoms with Gasteiger partial charge in [-0.2, -0.15) is 0 Å². The van der Waals surface area contributed by atoms with Crippen LogP contribution in [-0.4, -0.2) is 54.7 Å². The zero-order valence-electron chi connectivity index (χ0n) is 17.1. The summed E-state index contributed by atoms with van der Waals surface area (Å²) in [7, 11) is 0. The number of amides is 2. The number of carbonyl (C=O) groups is 2. The first-order valence-electron chi connectivity index (χ1n) is 9.70. The van der Waals surface area contributed by atoms with E-state index in [-0.39, 0.29) is 23.5 Å². The van der Waals surface area contributed by atoms with E-state index in [0.717, 1.165) is 11.1 Å². The molecule has 8 heteroatoms. The fraction of sp³-hybridized carbons (Fsp3) is 0.318. The van der Waals surface area contributed by atoms with Gasteiger partial charge < -0.3 is 19.7 Å². The highest BCUT2D eigenvalue weighted by atomic mass is 32.1. The lowest BCUT2D eigenvalue weighted by molar-refractivity contribution is -0.121. The third-order valence-electron chi connectivity index (χ3n) is 4.48. The highest BCUT2D eigenvalue weighted by Gasteiger charge is 2.18. The van der Waals surface area contributed by atoms with Crippen LogP contribution < -0.4 is 15.4 Å². The van der Waals surface area contributed by atoms with E-state index in [9.17, 15) is 9.59 Å². The van der Waals surface area contributed by atoms with Crippen molar-refractivity contribution in [2.24, 2.45) is 0 Å². The minimum atomic E-state index is -0.368. The van der Waals surface area contributed by atoms with Crippen LogP contribution in [0.2, 0.25) is 0 Å². The molecule has 0 radical (unpaired) electrons. The Hall–Kier alpha value is -2.97. The molecule has 2 aromatic rings. The van der Waals surface area contributed by atoms with Gasteiger partial charge in [-0.05, 0) is 67.5 Å². The molecule has 1 aliphatic heterocycles. The number of thiocarbonyl (C=S) groups is 1. The van der Waals surface area contributed by atoms with Crippen LogP contribution in [0.25, 0.3) is 0 Å². The lowest BCUT2D eigenvalue weighted by atomic mass is 10.1. The summed E-state index contributed by atoms with van der Waals surface area (Å²) in [6.45, 7) is 6.03. The van der Waals surface area contributed by atoms with Crippen molar-refractivity contribution in [3.8, 4) is 5.75 Å². The van der Waals surface area contributed by atoms with Crippen LogP contribution in [-0.2, 0) is 9.53 Å². The second-order valence-electron chi connectivity index (χ2n) is 7.10. The molecular weight excluding hydrogens is 402 g/mol. The smallest absolute Gasteiger partial charge is 0.264 e. The molecule has 0 bridgehead atoms. The molecule has 30 heavy (non-hydrogen) atoms. The molecule has 0 aliphatic carbocycles. The summed E-state index contributed by atoms with van der Waals surface area (Å²) in [6.07, 6.45) is 0. The maximum absolute atomic E-state index is 12.6. The van der Waals surface area contributed by atoms with Gasteiger partial charge in [0.05, 0.1) is 13.2 Å². The van der Waals surface area contributed by atoms with Crippen LogP contribution >= 0.6 is 12.2 Å². The second kappa shape index (κ2) is 10.2. The number of nitrogens with zero attached hydrogens (tertiary/aromatic N) is 1. The van der Waals surface area contributed by atoms with Crippen LogP contribution in [0, 0.1) is 13.8 Å². The topological polar surface area (TPSA) is 79.9 Å². The molecular formula is C22H25N3O4S. The number of morpholine rings is 1. The van der Waals surface area contributed by atoms with Gasteiger partial charge >= 0.3 is 0 Å². The number of aryl methyl sites for hydroxylation is 2. The molecule has 1 fully saturated rings. The van der Waals surface area contributed by atoms with Crippen LogP contribution in [0.3, 0.4) is 0 Å². The summed E-state index contributed by atoms with van der Waals surface area (Å²) in [5.41, 5.74) is 3.30. The summed E-state index contributed by atoms with van der Waals surface area (Å²) in [4.78, 5) is 26.5. The molecule has 0 atom stereocenters. The molecule has 2 aromatic carbocycles. The zero-order chi connectivity index (χ0) is 21.5. The Morgan fingerprint density at radius 1 is 1.10 bits per heavy atom. The molecule has 7 nitrogen and oxygen atoms in total.